The van der Waals surface area contributed by atoms with Gasteiger partial charge in [-0.05, 0) is 50.5 Å². The molecule has 1 fully saturated rings. The Morgan fingerprint density at radius 2 is 1.94 bits per heavy atom. The number of nitrogens with one attached hydrogen (secondary N) is 1. The number of aromatic nitrogens is 2. The Bertz CT molecular complexity index is 1080. The average Bonchev–Trinajstić information content (AvgIpc) is 3.19. The second kappa shape index (κ2) is 8.37. The highest BCUT2D eigenvalue weighted by atomic mass is 19.1. The third-order valence-electron chi connectivity index (χ3n) is 6.38. The molecule has 0 radical (unpaired) electrons. The van der Waals surface area contributed by atoms with Crippen LogP contribution in [-0.4, -0.2) is 46.3 Å². The molecule has 2 amide bonds. The van der Waals surface area contributed by atoms with Gasteiger partial charge in [0.25, 0.3) is 5.91 Å². The summed E-state index contributed by atoms with van der Waals surface area (Å²) in [5.74, 6) is -1.89. The highest BCUT2D eigenvalue weighted by Gasteiger charge is 2.50. The van der Waals surface area contributed by atoms with E-state index in [1.165, 1.54) is 41.0 Å². The SMILES string of the molecule is COC(=O)c1cc2n(n1)CC(C)(C(=O)NC1CCCCC1)N(c1ccc(F)cc1C)C2=O. The Hall–Kier alpha value is -3.23. The summed E-state index contributed by atoms with van der Waals surface area (Å²) in [6.45, 7) is 3.41. The maximum atomic E-state index is 13.8. The fourth-order valence-electron chi connectivity index (χ4n) is 4.62. The van der Waals surface area contributed by atoms with Gasteiger partial charge in [-0.25, -0.2) is 9.18 Å². The first-order chi connectivity index (χ1) is 15.2. The van der Waals surface area contributed by atoms with E-state index < -0.39 is 23.2 Å². The zero-order valence-corrected chi connectivity index (χ0v) is 18.5. The number of rotatable bonds is 4. The van der Waals surface area contributed by atoms with Crippen LogP contribution >= 0.6 is 0 Å². The third-order valence-corrected chi connectivity index (χ3v) is 6.38. The first-order valence-electron chi connectivity index (χ1n) is 10.8. The molecule has 2 aromatic rings. The van der Waals surface area contributed by atoms with Gasteiger partial charge >= 0.3 is 5.97 Å². The van der Waals surface area contributed by atoms with Gasteiger partial charge in [-0.1, -0.05) is 19.3 Å². The van der Waals surface area contributed by atoms with Crippen LogP contribution in [0.5, 0.6) is 0 Å². The summed E-state index contributed by atoms with van der Waals surface area (Å²) in [7, 11) is 1.23. The molecule has 1 aliphatic carbocycles. The molecule has 0 spiro atoms. The number of benzene rings is 1. The van der Waals surface area contributed by atoms with Crippen LogP contribution in [0.1, 0.15) is 65.6 Å². The molecule has 1 aliphatic heterocycles. The molecule has 0 bridgehead atoms. The van der Waals surface area contributed by atoms with Crippen molar-refractivity contribution in [2.24, 2.45) is 0 Å². The first kappa shape index (κ1) is 22.0. The van der Waals surface area contributed by atoms with Crippen LogP contribution in [0.4, 0.5) is 10.1 Å². The molecular formula is C23H27FN4O4. The van der Waals surface area contributed by atoms with Crippen LogP contribution in [0.2, 0.25) is 0 Å². The highest BCUT2D eigenvalue weighted by molar-refractivity contribution is 6.12. The third kappa shape index (κ3) is 3.76. The summed E-state index contributed by atoms with van der Waals surface area (Å²) in [5.41, 5.74) is -0.217. The minimum atomic E-state index is -1.33. The summed E-state index contributed by atoms with van der Waals surface area (Å²) >= 11 is 0. The van der Waals surface area contributed by atoms with Crippen molar-refractivity contribution in [2.45, 2.75) is 64.1 Å². The van der Waals surface area contributed by atoms with Gasteiger partial charge in [0.2, 0.25) is 5.91 Å². The Morgan fingerprint density at radius 3 is 2.59 bits per heavy atom. The molecule has 9 heteroatoms. The van der Waals surface area contributed by atoms with E-state index in [4.69, 9.17) is 4.74 Å². The fraction of sp³-hybridized carbons (Fsp3) is 0.478. The van der Waals surface area contributed by atoms with Gasteiger partial charge in [-0.15, -0.1) is 0 Å². The van der Waals surface area contributed by atoms with Gasteiger partial charge in [-0.3, -0.25) is 19.2 Å². The molecule has 2 aliphatic rings. The first-order valence-corrected chi connectivity index (χ1v) is 10.8. The van der Waals surface area contributed by atoms with E-state index in [2.05, 4.69) is 10.4 Å². The fourth-order valence-corrected chi connectivity index (χ4v) is 4.62. The number of esters is 1. The number of methoxy groups -OCH3 is 1. The summed E-state index contributed by atoms with van der Waals surface area (Å²) in [6, 6.07) is 5.50. The standard InChI is InChI=1S/C23H27FN4O4/c1-14-11-15(24)9-10-18(14)28-20(29)19-12-17(21(30)32-3)26-27(19)13-23(28,2)22(31)25-16-7-5-4-6-8-16/h9-12,16H,4-8,13H2,1-3H3,(H,25,31). The number of nitrogens with zero attached hydrogens (tertiary/aromatic N) is 3. The van der Waals surface area contributed by atoms with Crippen molar-refractivity contribution in [2.75, 3.05) is 12.0 Å². The minimum Gasteiger partial charge on any atom is -0.464 e. The lowest BCUT2D eigenvalue weighted by Gasteiger charge is -2.44. The highest BCUT2D eigenvalue weighted by Crippen LogP contribution is 2.35. The quantitative estimate of drug-likeness (QED) is 0.735. The van der Waals surface area contributed by atoms with E-state index in [9.17, 15) is 18.8 Å². The van der Waals surface area contributed by atoms with Crippen LogP contribution in [0.15, 0.2) is 24.3 Å². The second-order valence-electron chi connectivity index (χ2n) is 8.72. The van der Waals surface area contributed by atoms with Crippen molar-refractivity contribution >= 4 is 23.5 Å². The topological polar surface area (TPSA) is 93.5 Å². The number of aryl methyl sites for hydroxylation is 1. The lowest BCUT2D eigenvalue weighted by molar-refractivity contribution is -0.127. The molecule has 1 atom stereocenters. The Labute approximate surface area is 185 Å². The van der Waals surface area contributed by atoms with Crippen LogP contribution in [-0.2, 0) is 16.1 Å². The zero-order chi connectivity index (χ0) is 23.0. The monoisotopic (exact) mass is 442 g/mol. The summed E-state index contributed by atoms with van der Waals surface area (Å²) in [6.07, 6.45) is 5.03. The van der Waals surface area contributed by atoms with Crippen molar-refractivity contribution in [3.63, 3.8) is 0 Å². The summed E-state index contributed by atoms with van der Waals surface area (Å²) in [4.78, 5) is 40.6. The molecule has 1 saturated carbocycles. The molecule has 1 N–H and O–H groups in total. The number of hydrogen-bond donors (Lipinski definition) is 1. The summed E-state index contributed by atoms with van der Waals surface area (Å²) < 4.78 is 19.9. The Balaban J connectivity index is 1.78. The molecule has 1 aromatic carbocycles. The molecule has 4 rings (SSSR count). The number of ether oxygens (including phenoxy) is 1. The number of carbonyl (C=O) groups excluding carboxylic acids is 3. The van der Waals surface area contributed by atoms with Crippen molar-refractivity contribution < 1.29 is 23.5 Å². The zero-order valence-electron chi connectivity index (χ0n) is 18.5. The number of fused-ring (bicyclic) bond motifs is 1. The number of halogens is 1. The number of anilines is 1. The lowest BCUT2D eigenvalue weighted by atomic mass is 9.90. The van der Waals surface area contributed by atoms with Crippen molar-refractivity contribution in [1.82, 2.24) is 15.1 Å². The molecule has 2 heterocycles. The van der Waals surface area contributed by atoms with E-state index in [-0.39, 0.29) is 29.9 Å². The van der Waals surface area contributed by atoms with Crippen molar-refractivity contribution in [3.8, 4) is 0 Å². The Kier molecular flexibility index (Phi) is 5.75. The second-order valence-corrected chi connectivity index (χ2v) is 8.72. The van der Waals surface area contributed by atoms with E-state index in [1.54, 1.807) is 13.8 Å². The minimum absolute atomic E-state index is 0.0106. The largest absolute Gasteiger partial charge is 0.464 e. The maximum absolute atomic E-state index is 13.8. The van der Waals surface area contributed by atoms with Gasteiger partial charge in [0.15, 0.2) is 5.69 Å². The molecule has 170 valence electrons. The van der Waals surface area contributed by atoms with Crippen LogP contribution < -0.4 is 10.2 Å². The normalized spacial score (nSPS) is 21.2. The molecule has 8 nitrogen and oxygen atoms in total. The molecule has 1 aromatic heterocycles. The molecule has 32 heavy (non-hydrogen) atoms. The van der Waals surface area contributed by atoms with E-state index in [1.807, 2.05) is 0 Å². The smallest absolute Gasteiger partial charge is 0.358 e. The van der Waals surface area contributed by atoms with Crippen LogP contribution in [0, 0.1) is 12.7 Å². The van der Waals surface area contributed by atoms with Crippen LogP contribution in [0.25, 0.3) is 0 Å². The Morgan fingerprint density at radius 1 is 1.22 bits per heavy atom. The van der Waals surface area contributed by atoms with E-state index in [0.29, 0.717) is 11.3 Å². The van der Waals surface area contributed by atoms with Gasteiger partial charge in [0.1, 0.15) is 17.1 Å². The predicted molar refractivity (Wildman–Crippen MR) is 115 cm³/mol. The number of carbonyl (C=O) groups is 3. The van der Waals surface area contributed by atoms with Crippen molar-refractivity contribution in [3.05, 3.63) is 47.0 Å². The summed E-state index contributed by atoms with van der Waals surface area (Å²) in [5, 5.41) is 7.33. The van der Waals surface area contributed by atoms with Gasteiger partial charge in [0, 0.05) is 17.8 Å². The van der Waals surface area contributed by atoms with Gasteiger partial charge in [0.05, 0.1) is 13.7 Å². The van der Waals surface area contributed by atoms with Crippen molar-refractivity contribution in [1.29, 1.82) is 0 Å². The van der Waals surface area contributed by atoms with Crippen LogP contribution in [0.3, 0.4) is 0 Å². The van der Waals surface area contributed by atoms with Gasteiger partial charge < -0.3 is 10.1 Å². The average molecular weight is 442 g/mol. The van der Waals surface area contributed by atoms with E-state index in [0.717, 1.165) is 32.1 Å². The predicted octanol–water partition coefficient (Wildman–Crippen LogP) is 2.99. The molecule has 0 saturated heterocycles. The molecule has 1 unspecified atom stereocenters. The number of hydrogen-bond acceptors (Lipinski definition) is 5. The lowest BCUT2D eigenvalue weighted by Crippen LogP contribution is -2.65. The van der Waals surface area contributed by atoms with Gasteiger partial charge in [-0.2, -0.15) is 5.10 Å². The maximum Gasteiger partial charge on any atom is 0.358 e. The number of amides is 2. The van der Waals surface area contributed by atoms with E-state index >= 15 is 0 Å². The molecular weight excluding hydrogens is 415 g/mol.